The standard InChI is InChI=1S/C12H20N4O/c1-7(2)4-5-9-11(12(13)17)14-15-16(9)10-6-8(10)3/h7-8,10H,4-6H2,1-3H3,(H2,13,17). The Balaban J connectivity index is 2.23. The van der Waals surface area contributed by atoms with Crippen molar-refractivity contribution in [1.29, 1.82) is 0 Å². The molecule has 94 valence electrons. The highest BCUT2D eigenvalue weighted by Gasteiger charge is 2.37. The lowest BCUT2D eigenvalue weighted by Crippen LogP contribution is -2.16. The van der Waals surface area contributed by atoms with Crippen LogP contribution in [0.3, 0.4) is 0 Å². The van der Waals surface area contributed by atoms with E-state index in [1.54, 1.807) is 0 Å². The van der Waals surface area contributed by atoms with Gasteiger partial charge in [0.05, 0.1) is 11.7 Å². The maximum absolute atomic E-state index is 11.3. The van der Waals surface area contributed by atoms with Crippen molar-refractivity contribution in [3.63, 3.8) is 0 Å². The van der Waals surface area contributed by atoms with Crippen molar-refractivity contribution in [3.8, 4) is 0 Å². The zero-order valence-corrected chi connectivity index (χ0v) is 10.7. The molecule has 1 amide bonds. The van der Waals surface area contributed by atoms with E-state index >= 15 is 0 Å². The van der Waals surface area contributed by atoms with Crippen molar-refractivity contribution >= 4 is 5.91 Å². The van der Waals surface area contributed by atoms with Crippen molar-refractivity contribution in [2.75, 3.05) is 0 Å². The molecule has 5 nitrogen and oxygen atoms in total. The fourth-order valence-corrected chi connectivity index (χ4v) is 2.07. The Hall–Kier alpha value is -1.39. The lowest BCUT2D eigenvalue weighted by Gasteiger charge is -2.08. The van der Waals surface area contributed by atoms with Crippen LogP contribution in [0.25, 0.3) is 0 Å². The minimum absolute atomic E-state index is 0.352. The number of aromatic nitrogens is 3. The van der Waals surface area contributed by atoms with Crippen LogP contribution in [0.4, 0.5) is 0 Å². The average molecular weight is 236 g/mol. The van der Waals surface area contributed by atoms with Crippen molar-refractivity contribution < 1.29 is 4.79 Å². The highest BCUT2D eigenvalue weighted by molar-refractivity contribution is 5.91. The minimum Gasteiger partial charge on any atom is -0.364 e. The highest BCUT2D eigenvalue weighted by Crippen LogP contribution is 2.43. The fraction of sp³-hybridized carbons (Fsp3) is 0.750. The summed E-state index contributed by atoms with van der Waals surface area (Å²) in [6.45, 7) is 6.51. The number of carbonyl (C=O) groups is 1. The van der Waals surface area contributed by atoms with Gasteiger partial charge in [0.2, 0.25) is 0 Å². The normalized spacial score (nSPS) is 23.1. The number of hydrogen-bond donors (Lipinski definition) is 1. The summed E-state index contributed by atoms with van der Waals surface area (Å²) in [6.07, 6.45) is 2.97. The van der Waals surface area contributed by atoms with Gasteiger partial charge in [0.15, 0.2) is 5.69 Å². The molecule has 0 spiro atoms. The van der Waals surface area contributed by atoms with Gasteiger partial charge in [-0.3, -0.25) is 4.79 Å². The largest absolute Gasteiger partial charge is 0.364 e. The van der Waals surface area contributed by atoms with Gasteiger partial charge in [-0.25, -0.2) is 4.68 Å². The van der Waals surface area contributed by atoms with E-state index < -0.39 is 5.91 Å². The Morgan fingerprint density at radius 1 is 1.59 bits per heavy atom. The number of carbonyl (C=O) groups excluding carboxylic acids is 1. The molecular formula is C12H20N4O. The second-order valence-electron chi connectivity index (χ2n) is 5.41. The van der Waals surface area contributed by atoms with Gasteiger partial charge >= 0.3 is 0 Å². The summed E-state index contributed by atoms with van der Waals surface area (Å²) in [5.74, 6) is 0.759. The van der Waals surface area contributed by atoms with Gasteiger partial charge in [0.1, 0.15) is 0 Å². The third-order valence-electron chi connectivity index (χ3n) is 3.36. The predicted octanol–water partition coefficient (Wildman–Crippen LogP) is 1.55. The number of amides is 1. The smallest absolute Gasteiger partial charge is 0.271 e. The number of hydrogen-bond acceptors (Lipinski definition) is 3. The van der Waals surface area contributed by atoms with Crippen molar-refractivity contribution in [1.82, 2.24) is 15.0 Å². The quantitative estimate of drug-likeness (QED) is 0.842. The van der Waals surface area contributed by atoms with E-state index in [0.29, 0.717) is 23.6 Å². The summed E-state index contributed by atoms with van der Waals surface area (Å²) in [5, 5.41) is 8.02. The number of primary amides is 1. The van der Waals surface area contributed by atoms with E-state index in [1.807, 2.05) is 4.68 Å². The summed E-state index contributed by atoms with van der Waals surface area (Å²) in [6, 6.07) is 0.415. The van der Waals surface area contributed by atoms with Gasteiger partial charge in [-0.05, 0) is 31.1 Å². The number of nitrogens with zero attached hydrogens (tertiary/aromatic N) is 3. The molecule has 1 aromatic heterocycles. The Kier molecular flexibility index (Phi) is 3.17. The first-order valence-electron chi connectivity index (χ1n) is 6.24. The number of nitrogens with two attached hydrogens (primary N) is 1. The molecule has 0 radical (unpaired) electrons. The molecule has 2 unspecified atom stereocenters. The molecule has 5 heteroatoms. The van der Waals surface area contributed by atoms with Crippen LogP contribution in [0.1, 0.15) is 55.8 Å². The van der Waals surface area contributed by atoms with Crippen LogP contribution in [0.5, 0.6) is 0 Å². The molecule has 1 fully saturated rings. The topological polar surface area (TPSA) is 73.8 Å². The van der Waals surface area contributed by atoms with E-state index in [-0.39, 0.29) is 0 Å². The predicted molar refractivity (Wildman–Crippen MR) is 64.5 cm³/mol. The maximum atomic E-state index is 11.3. The van der Waals surface area contributed by atoms with Gasteiger partial charge < -0.3 is 5.73 Å². The van der Waals surface area contributed by atoms with Crippen LogP contribution in [-0.2, 0) is 6.42 Å². The molecule has 2 N–H and O–H groups in total. The van der Waals surface area contributed by atoms with Crippen molar-refractivity contribution in [2.24, 2.45) is 17.6 Å². The van der Waals surface area contributed by atoms with Crippen molar-refractivity contribution in [2.45, 2.75) is 46.1 Å². The maximum Gasteiger partial charge on any atom is 0.271 e. The molecule has 0 saturated heterocycles. The van der Waals surface area contributed by atoms with E-state index in [9.17, 15) is 4.79 Å². The van der Waals surface area contributed by atoms with Gasteiger partial charge in [0, 0.05) is 0 Å². The summed E-state index contributed by atoms with van der Waals surface area (Å²) < 4.78 is 1.91. The molecule has 0 aliphatic heterocycles. The lowest BCUT2D eigenvalue weighted by atomic mass is 10.1. The molecule has 1 aliphatic carbocycles. The van der Waals surface area contributed by atoms with E-state index in [1.165, 1.54) is 0 Å². The zero-order chi connectivity index (χ0) is 12.6. The van der Waals surface area contributed by atoms with E-state index in [2.05, 4.69) is 31.1 Å². The van der Waals surface area contributed by atoms with Crippen LogP contribution >= 0.6 is 0 Å². The number of rotatable bonds is 5. The monoisotopic (exact) mass is 236 g/mol. The van der Waals surface area contributed by atoms with Gasteiger partial charge in [-0.2, -0.15) is 0 Å². The zero-order valence-electron chi connectivity index (χ0n) is 10.7. The first-order chi connectivity index (χ1) is 8.00. The second kappa shape index (κ2) is 4.47. The molecular weight excluding hydrogens is 216 g/mol. The van der Waals surface area contributed by atoms with Crippen LogP contribution in [0.15, 0.2) is 0 Å². The Morgan fingerprint density at radius 3 is 2.71 bits per heavy atom. The summed E-state index contributed by atoms with van der Waals surface area (Å²) in [4.78, 5) is 11.3. The van der Waals surface area contributed by atoms with Crippen molar-refractivity contribution in [3.05, 3.63) is 11.4 Å². The molecule has 1 aromatic rings. The molecule has 2 rings (SSSR count). The molecule has 0 bridgehead atoms. The third kappa shape index (κ3) is 2.48. The minimum atomic E-state index is -0.469. The Bertz CT molecular complexity index is 424. The fourth-order valence-electron chi connectivity index (χ4n) is 2.07. The molecule has 1 aliphatic rings. The summed E-state index contributed by atoms with van der Waals surface area (Å²) >= 11 is 0. The molecule has 17 heavy (non-hydrogen) atoms. The molecule has 1 saturated carbocycles. The SMILES string of the molecule is CC(C)CCc1c(C(N)=O)nnn1C1CC1C. The molecule has 0 aromatic carbocycles. The Morgan fingerprint density at radius 2 is 2.24 bits per heavy atom. The first kappa shape index (κ1) is 12.1. The third-order valence-corrected chi connectivity index (χ3v) is 3.36. The first-order valence-corrected chi connectivity index (χ1v) is 6.24. The second-order valence-corrected chi connectivity index (χ2v) is 5.41. The van der Waals surface area contributed by atoms with Crippen LogP contribution in [0, 0.1) is 11.8 Å². The van der Waals surface area contributed by atoms with Crippen LogP contribution in [-0.4, -0.2) is 20.9 Å². The Labute approximate surface area is 101 Å². The molecule has 1 heterocycles. The van der Waals surface area contributed by atoms with Gasteiger partial charge in [-0.15, -0.1) is 5.10 Å². The van der Waals surface area contributed by atoms with Crippen LogP contribution < -0.4 is 5.73 Å². The summed E-state index contributed by atoms with van der Waals surface area (Å²) in [5.41, 5.74) is 6.60. The van der Waals surface area contributed by atoms with Gasteiger partial charge in [-0.1, -0.05) is 26.0 Å². The van der Waals surface area contributed by atoms with E-state index in [4.69, 9.17) is 5.73 Å². The van der Waals surface area contributed by atoms with Gasteiger partial charge in [0.25, 0.3) is 5.91 Å². The van der Waals surface area contributed by atoms with E-state index in [0.717, 1.165) is 25.0 Å². The summed E-state index contributed by atoms with van der Waals surface area (Å²) in [7, 11) is 0. The lowest BCUT2D eigenvalue weighted by molar-refractivity contribution is 0.0994. The molecule has 2 atom stereocenters. The highest BCUT2D eigenvalue weighted by atomic mass is 16.1. The van der Waals surface area contributed by atoms with Crippen LogP contribution in [0.2, 0.25) is 0 Å². The average Bonchev–Trinajstić information content (AvgIpc) is 2.80.